The standard InChI is InChI=1S/C20H28N6O3.CH2O2/c1-24(12-15-4-3-11-29-15)20(28)19-16-8-10-26(13-17(16)22-23-19)18(27)6-5-14-7-9-21-25(14)2;2-1-3/h7,9,15H,3-6,8,10-13H2,1-2H3,(H,22,23);1H,(H,2,3). The Bertz CT molecular complexity index is 933. The molecule has 0 spiro atoms. The molecule has 11 heteroatoms. The SMILES string of the molecule is CN(CC1CCCO1)C(=O)c1n[nH]c2c1CCN(C(=O)CCc1ccnn1C)C2.O=CO. The lowest BCUT2D eigenvalue weighted by molar-refractivity contribution is -0.132. The molecule has 4 heterocycles. The first-order chi connectivity index (χ1) is 15.4. The summed E-state index contributed by atoms with van der Waals surface area (Å²) in [5.41, 5.74) is 3.31. The quantitative estimate of drug-likeness (QED) is 0.621. The van der Waals surface area contributed by atoms with Gasteiger partial charge in [0.1, 0.15) is 0 Å². The maximum atomic E-state index is 12.8. The van der Waals surface area contributed by atoms with E-state index in [1.165, 1.54) is 0 Å². The van der Waals surface area contributed by atoms with Crippen molar-refractivity contribution in [1.29, 1.82) is 0 Å². The van der Waals surface area contributed by atoms with E-state index in [4.69, 9.17) is 14.6 Å². The molecule has 2 aromatic heterocycles. The molecule has 2 N–H and O–H groups in total. The van der Waals surface area contributed by atoms with Gasteiger partial charge in [0.2, 0.25) is 5.91 Å². The first-order valence-corrected chi connectivity index (χ1v) is 10.7. The van der Waals surface area contributed by atoms with Crippen LogP contribution in [0, 0.1) is 0 Å². The first-order valence-electron chi connectivity index (χ1n) is 10.7. The Kier molecular flexibility index (Phi) is 7.98. The normalized spacial score (nSPS) is 17.3. The second-order valence-corrected chi connectivity index (χ2v) is 7.97. The predicted molar refractivity (Wildman–Crippen MR) is 114 cm³/mol. The molecule has 4 rings (SSSR count). The summed E-state index contributed by atoms with van der Waals surface area (Å²) in [4.78, 5) is 37.4. The molecule has 2 aliphatic heterocycles. The molecule has 174 valence electrons. The number of nitrogens with one attached hydrogen (secondary N) is 1. The van der Waals surface area contributed by atoms with Gasteiger partial charge in [-0.2, -0.15) is 10.2 Å². The fourth-order valence-electron chi connectivity index (χ4n) is 4.10. The van der Waals surface area contributed by atoms with E-state index < -0.39 is 0 Å². The number of rotatable bonds is 6. The van der Waals surface area contributed by atoms with Crippen LogP contribution in [0.5, 0.6) is 0 Å². The number of nitrogens with zero attached hydrogens (tertiary/aromatic N) is 5. The molecule has 0 aromatic carbocycles. The van der Waals surface area contributed by atoms with E-state index in [1.54, 1.807) is 22.8 Å². The molecule has 2 aromatic rings. The van der Waals surface area contributed by atoms with Crippen molar-refractivity contribution in [3.63, 3.8) is 0 Å². The third-order valence-corrected chi connectivity index (χ3v) is 5.85. The van der Waals surface area contributed by atoms with E-state index in [-0.39, 0.29) is 24.4 Å². The van der Waals surface area contributed by atoms with Crippen molar-refractivity contribution in [3.8, 4) is 0 Å². The van der Waals surface area contributed by atoms with Crippen LogP contribution in [0.25, 0.3) is 0 Å². The molecule has 0 radical (unpaired) electrons. The Balaban J connectivity index is 0.000000913. The van der Waals surface area contributed by atoms with Crippen molar-refractivity contribution in [2.45, 2.75) is 44.8 Å². The van der Waals surface area contributed by atoms with Crippen LogP contribution in [0.2, 0.25) is 0 Å². The van der Waals surface area contributed by atoms with Crippen LogP contribution >= 0.6 is 0 Å². The van der Waals surface area contributed by atoms with Gasteiger partial charge in [-0.15, -0.1) is 0 Å². The number of aromatic amines is 1. The van der Waals surface area contributed by atoms with E-state index in [1.807, 2.05) is 18.0 Å². The van der Waals surface area contributed by atoms with Gasteiger partial charge in [-0.1, -0.05) is 0 Å². The van der Waals surface area contributed by atoms with Crippen LogP contribution in [0.1, 0.15) is 46.7 Å². The zero-order valence-electron chi connectivity index (χ0n) is 18.5. The van der Waals surface area contributed by atoms with Gasteiger partial charge in [0.15, 0.2) is 5.69 Å². The van der Waals surface area contributed by atoms with Crippen molar-refractivity contribution in [2.75, 3.05) is 26.7 Å². The van der Waals surface area contributed by atoms with Crippen LogP contribution in [0.15, 0.2) is 12.3 Å². The number of hydrogen-bond donors (Lipinski definition) is 2. The highest BCUT2D eigenvalue weighted by molar-refractivity contribution is 5.94. The summed E-state index contributed by atoms with van der Waals surface area (Å²) in [6.45, 7) is 2.18. The van der Waals surface area contributed by atoms with Gasteiger partial charge in [0.25, 0.3) is 12.4 Å². The number of aryl methyl sites for hydroxylation is 2. The summed E-state index contributed by atoms with van der Waals surface area (Å²) in [5.74, 6) is 0.0174. The summed E-state index contributed by atoms with van der Waals surface area (Å²) >= 11 is 0. The first kappa shape index (κ1) is 23.5. The number of ether oxygens (including phenoxy) is 1. The minimum Gasteiger partial charge on any atom is -0.483 e. The predicted octanol–water partition coefficient (Wildman–Crippen LogP) is 0.613. The lowest BCUT2D eigenvalue weighted by Gasteiger charge is -2.27. The molecule has 2 amide bonds. The van der Waals surface area contributed by atoms with E-state index in [0.717, 1.165) is 36.4 Å². The van der Waals surface area contributed by atoms with Crippen molar-refractivity contribution in [3.05, 3.63) is 34.9 Å². The van der Waals surface area contributed by atoms with E-state index in [0.29, 0.717) is 44.6 Å². The third-order valence-electron chi connectivity index (χ3n) is 5.85. The second kappa shape index (κ2) is 10.9. The van der Waals surface area contributed by atoms with Gasteiger partial charge >= 0.3 is 0 Å². The topological polar surface area (TPSA) is 134 Å². The smallest absolute Gasteiger partial charge is 0.290 e. The van der Waals surface area contributed by atoms with Crippen LogP contribution < -0.4 is 0 Å². The number of hydrogen-bond acceptors (Lipinski definition) is 6. The summed E-state index contributed by atoms with van der Waals surface area (Å²) in [7, 11) is 3.67. The van der Waals surface area contributed by atoms with Crippen molar-refractivity contribution in [1.82, 2.24) is 29.8 Å². The number of aromatic nitrogens is 4. The molecular formula is C21H30N6O5. The monoisotopic (exact) mass is 446 g/mol. The fourth-order valence-corrected chi connectivity index (χ4v) is 4.10. The summed E-state index contributed by atoms with van der Waals surface area (Å²) < 4.78 is 7.42. The Labute approximate surface area is 186 Å². The average Bonchev–Trinajstić information content (AvgIpc) is 3.53. The van der Waals surface area contributed by atoms with Gasteiger partial charge < -0.3 is 19.6 Å². The van der Waals surface area contributed by atoms with E-state index in [9.17, 15) is 9.59 Å². The van der Waals surface area contributed by atoms with Crippen molar-refractivity contribution < 1.29 is 24.2 Å². The minimum atomic E-state index is -0.250. The second-order valence-electron chi connectivity index (χ2n) is 7.97. The van der Waals surface area contributed by atoms with Gasteiger partial charge in [-0.05, 0) is 31.7 Å². The van der Waals surface area contributed by atoms with Gasteiger partial charge in [0.05, 0.1) is 18.3 Å². The Hall–Kier alpha value is -3.21. The van der Waals surface area contributed by atoms with Crippen molar-refractivity contribution >= 4 is 18.3 Å². The number of likely N-dealkylation sites (N-methyl/N-ethyl adjacent to an activating group) is 1. The highest BCUT2D eigenvalue weighted by atomic mass is 16.5. The zero-order chi connectivity index (χ0) is 23.1. The van der Waals surface area contributed by atoms with Crippen LogP contribution in [0.4, 0.5) is 0 Å². The number of carbonyl (C=O) groups is 3. The molecular weight excluding hydrogens is 416 g/mol. The Morgan fingerprint density at radius 1 is 1.44 bits per heavy atom. The molecule has 1 unspecified atom stereocenters. The largest absolute Gasteiger partial charge is 0.483 e. The fraction of sp³-hybridized carbons (Fsp3) is 0.571. The highest BCUT2D eigenvalue weighted by Crippen LogP contribution is 2.22. The van der Waals surface area contributed by atoms with E-state index >= 15 is 0 Å². The number of H-pyrrole nitrogens is 1. The van der Waals surface area contributed by atoms with Gasteiger partial charge in [0, 0.05) is 57.7 Å². The zero-order valence-corrected chi connectivity index (χ0v) is 18.5. The molecule has 1 saturated heterocycles. The Morgan fingerprint density at radius 3 is 2.88 bits per heavy atom. The molecule has 0 aliphatic carbocycles. The molecule has 32 heavy (non-hydrogen) atoms. The Morgan fingerprint density at radius 2 is 2.22 bits per heavy atom. The van der Waals surface area contributed by atoms with Crippen molar-refractivity contribution in [2.24, 2.45) is 7.05 Å². The summed E-state index contributed by atoms with van der Waals surface area (Å²) in [6, 6.07) is 1.93. The lowest BCUT2D eigenvalue weighted by Crippen LogP contribution is -2.37. The molecule has 2 aliphatic rings. The number of fused-ring (bicyclic) bond motifs is 1. The van der Waals surface area contributed by atoms with Gasteiger partial charge in [-0.25, -0.2) is 0 Å². The minimum absolute atomic E-state index is 0.0889. The molecule has 0 bridgehead atoms. The summed E-state index contributed by atoms with van der Waals surface area (Å²) in [5, 5.41) is 18.3. The molecule has 1 fully saturated rings. The summed E-state index contributed by atoms with van der Waals surface area (Å²) in [6.07, 6.45) is 5.65. The van der Waals surface area contributed by atoms with E-state index in [2.05, 4.69) is 15.3 Å². The maximum Gasteiger partial charge on any atom is 0.290 e. The van der Waals surface area contributed by atoms with Crippen LogP contribution in [-0.2, 0) is 40.8 Å². The number of carbonyl (C=O) groups excluding carboxylic acids is 2. The van der Waals surface area contributed by atoms with Gasteiger partial charge in [-0.3, -0.25) is 24.2 Å². The third kappa shape index (κ3) is 5.52. The molecule has 1 atom stereocenters. The maximum absolute atomic E-state index is 12.8. The van der Waals surface area contributed by atoms with Crippen LogP contribution in [-0.4, -0.2) is 86.0 Å². The highest BCUT2D eigenvalue weighted by Gasteiger charge is 2.29. The number of amides is 2. The number of carboxylic acid groups (broad SMARTS) is 1. The van der Waals surface area contributed by atoms with Crippen LogP contribution in [0.3, 0.4) is 0 Å². The molecule has 0 saturated carbocycles. The average molecular weight is 447 g/mol. The molecule has 11 nitrogen and oxygen atoms in total. The lowest BCUT2D eigenvalue weighted by atomic mass is 10.0.